The smallest absolute Gasteiger partial charge is 0.256 e. The summed E-state index contributed by atoms with van der Waals surface area (Å²) >= 11 is 3.32. The van der Waals surface area contributed by atoms with E-state index in [9.17, 15) is 4.79 Å². The average Bonchev–Trinajstić information content (AvgIpc) is 3.22. The second kappa shape index (κ2) is 6.45. The molecule has 2 aromatic heterocycles. The lowest BCUT2D eigenvalue weighted by atomic mass is 10.00. The number of hydrogen-bond donors (Lipinski definition) is 2. The van der Waals surface area contributed by atoms with E-state index in [0.29, 0.717) is 27.6 Å². The third-order valence-electron chi connectivity index (χ3n) is 4.18. The molecule has 3 aromatic rings. The van der Waals surface area contributed by atoms with Gasteiger partial charge < -0.3 is 15.1 Å². The molecule has 4 rings (SSSR count). The molecule has 2 N–H and O–H groups in total. The number of carbonyl (C=O) groups excluding carboxylic acids is 1. The highest BCUT2D eigenvalue weighted by atomic mass is 79.9. The van der Waals surface area contributed by atoms with Gasteiger partial charge in [-0.25, -0.2) is 4.68 Å². The van der Waals surface area contributed by atoms with Gasteiger partial charge in [0.05, 0.1) is 5.57 Å². The van der Waals surface area contributed by atoms with Crippen LogP contribution in [0.2, 0.25) is 0 Å². The second-order valence-electron chi connectivity index (χ2n) is 6.06. The Kier molecular flexibility index (Phi) is 4.12. The van der Waals surface area contributed by atoms with Gasteiger partial charge in [-0.3, -0.25) is 4.79 Å². The Morgan fingerprint density at radius 3 is 2.88 bits per heavy atom. The summed E-state index contributed by atoms with van der Waals surface area (Å²) in [6.07, 6.45) is 1.45. The van der Waals surface area contributed by atoms with Crippen LogP contribution >= 0.6 is 15.9 Å². The number of nitrogens with zero attached hydrogens (tertiary/aromatic N) is 3. The molecule has 8 heteroatoms. The van der Waals surface area contributed by atoms with Crippen molar-refractivity contribution in [3.05, 3.63) is 70.0 Å². The molecule has 1 unspecified atom stereocenters. The van der Waals surface area contributed by atoms with Crippen LogP contribution in [0.3, 0.4) is 0 Å². The summed E-state index contributed by atoms with van der Waals surface area (Å²) in [5.41, 5.74) is 3.03. The normalized spacial score (nSPS) is 16.2. The van der Waals surface area contributed by atoms with Crippen LogP contribution in [-0.2, 0) is 4.79 Å². The van der Waals surface area contributed by atoms with E-state index in [4.69, 9.17) is 4.42 Å². The molecule has 132 valence electrons. The standard InChI is InChI=1S/C18H16BrN5O2/c1-10-4-3-5-12(8-10)23-17(25)15-11(2)22-18-20-9-21-24(18)16(15)13-6-7-14(19)26-13/h3-9,16H,1-2H3,(H,23,25)(H,20,21,22). The fourth-order valence-corrected chi connectivity index (χ4v) is 3.36. The minimum absolute atomic E-state index is 0.223. The van der Waals surface area contributed by atoms with Gasteiger partial charge in [0.15, 0.2) is 4.67 Å². The van der Waals surface area contributed by atoms with Gasteiger partial charge in [0.2, 0.25) is 5.95 Å². The van der Waals surface area contributed by atoms with Gasteiger partial charge in [0.25, 0.3) is 5.91 Å². The molecule has 3 heterocycles. The van der Waals surface area contributed by atoms with Crippen molar-refractivity contribution < 1.29 is 9.21 Å². The third kappa shape index (κ3) is 2.92. The molecule has 0 saturated heterocycles. The first kappa shape index (κ1) is 16.6. The highest BCUT2D eigenvalue weighted by Gasteiger charge is 2.35. The molecule has 7 nitrogen and oxygen atoms in total. The summed E-state index contributed by atoms with van der Waals surface area (Å²) in [5.74, 6) is 0.935. The maximum atomic E-state index is 13.1. The molecule has 26 heavy (non-hydrogen) atoms. The number of carbonyl (C=O) groups is 1. The van der Waals surface area contributed by atoms with Crippen molar-refractivity contribution in [3.63, 3.8) is 0 Å². The number of halogens is 1. The van der Waals surface area contributed by atoms with Crippen LogP contribution in [-0.4, -0.2) is 20.7 Å². The lowest BCUT2D eigenvalue weighted by Crippen LogP contribution is -2.31. The molecule has 1 aliphatic heterocycles. The first-order valence-corrected chi connectivity index (χ1v) is 8.83. The van der Waals surface area contributed by atoms with E-state index in [-0.39, 0.29) is 5.91 Å². The summed E-state index contributed by atoms with van der Waals surface area (Å²) in [4.78, 5) is 17.3. The number of hydrogen-bond acceptors (Lipinski definition) is 5. The Hall–Kier alpha value is -2.87. The van der Waals surface area contributed by atoms with Crippen molar-refractivity contribution in [2.75, 3.05) is 10.6 Å². The quantitative estimate of drug-likeness (QED) is 0.680. The Bertz CT molecular complexity index is 1020. The van der Waals surface area contributed by atoms with Gasteiger partial charge in [-0.1, -0.05) is 12.1 Å². The third-order valence-corrected chi connectivity index (χ3v) is 4.60. The molecule has 0 saturated carbocycles. The van der Waals surface area contributed by atoms with Crippen LogP contribution < -0.4 is 10.6 Å². The monoisotopic (exact) mass is 413 g/mol. The number of rotatable bonds is 3. The molecule has 1 amide bonds. The molecule has 1 atom stereocenters. The first-order valence-electron chi connectivity index (χ1n) is 8.03. The lowest BCUT2D eigenvalue weighted by molar-refractivity contribution is -0.113. The Morgan fingerprint density at radius 2 is 2.15 bits per heavy atom. The summed E-state index contributed by atoms with van der Waals surface area (Å²) in [6, 6.07) is 10.8. The van der Waals surface area contributed by atoms with Crippen LogP contribution in [0.15, 0.2) is 63.1 Å². The lowest BCUT2D eigenvalue weighted by Gasteiger charge is -2.27. The summed E-state index contributed by atoms with van der Waals surface area (Å²) in [7, 11) is 0. The van der Waals surface area contributed by atoms with Gasteiger partial charge >= 0.3 is 0 Å². The van der Waals surface area contributed by atoms with Crippen molar-refractivity contribution in [2.45, 2.75) is 19.9 Å². The number of benzene rings is 1. The topological polar surface area (TPSA) is 85.0 Å². The fraction of sp³-hybridized carbons (Fsp3) is 0.167. The summed E-state index contributed by atoms with van der Waals surface area (Å²) in [6.45, 7) is 3.82. The molecule has 0 fully saturated rings. The number of amides is 1. The highest BCUT2D eigenvalue weighted by molar-refractivity contribution is 9.10. The van der Waals surface area contributed by atoms with E-state index in [1.165, 1.54) is 6.33 Å². The largest absolute Gasteiger partial charge is 0.452 e. The molecule has 0 spiro atoms. The number of furan rings is 1. The van der Waals surface area contributed by atoms with Crippen LogP contribution in [0.1, 0.15) is 24.3 Å². The van der Waals surface area contributed by atoms with Gasteiger partial charge in [0.1, 0.15) is 18.1 Å². The number of allylic oxidation sites excluding steroid dienone is 1. The minimum Gasteiger partial charge on any atom is -0.452 e. The van der Waals surface area contributed by atoms with Crippen molar-refractivity contribution in [1.82, 2.24) is 14.8 Å². The number of anilines is 2. The van der Waals surface area contributed by atoms with Crippen LogP contribution in [0.5, 0.6) is 0 Å². The van der Waals surface area contributed by atoms with Gasteiger partial charge in [-0.05, 0) is 59.6 Å². The van der Waals surface area contributed by atoms with E-state index in [1.807, 2.05) is 44.2 Å². The summed E-state index contributed by atoms with van der Waals surface area (Å²) < 4.78 is 7.96. The van der Waals surface area contributed by atoms with Crippen LogP contribution in [0, 0.1) is 6.92 Å². The Balaban J connectivity index is 1.75. The molecule has 0 aliphatic carbocycles. The molecule has 1 aromatic carbocycles. The van der Waals surface area contributed by atoms with E-state index in [0.717, 1.165) is 11.3 Å². The Morgan fingerprint density at radius 1 is 1.31 bits per heavy atom. The number of aromatic nitrogens is 3. The molecule has 0 radical (unpaired) electrons. The van der Waals surface area contributed by atoms with E-state index in [2.05, 4.69) is 36.6 Å². The predicted octanol–water partition coefficient (Wildman–Crippen LogP) is 3.87. The number of aryl methyl sites for hydroxylation is 1. The van der Waals surface area contributed by atoms with E-state index in [1.54, 1.807) is 10.7 Å². The molecule has 1 aliphatic rings. The minimum atomic E-state index is -0.509. The molecular weight excluding hydrogens is 398 g/mol. The van der Waals surface area contributed by atoms with Gasteiger partial charge in [-0.2, -0.15) is 10.1 Å². The zero-order chi connectivity index (χ0) is 18.3. The summed E-state index contributed by atoms with van der Waals surface area (Å²) in [5, 5.41) is 10.4. The number of nitrogens with one attached hydrogen (secondary N) is 2. The SMILES string of the molecule is CC1=C(C(=O)Nc2cccc(C)c2)C(c2ccc(Br)o2)n2ncnc2N1. The van der Waals surface area contributed by atoms with Crippen molar-refractivity contribution in [2.24, 2.45) is 0 Å². The molecular formula is C18H16BrN5O2. The average molecular weight is 414 g/mol. The van der Waals surface area contributed by atoms with Gasteiger partial charge in [0, 0.05) is 11.4 Å². The van der Waals surface area contributed by atoms with Gasteiger partial charge in [-0.15, -0.1) is 0 Å². The zero-order valence-electron chi connectivity index (χ0n) is 14.2. The zero-order valence-corrected chi connectivity index (χ0v) is 15.7. The highest BCUT2D eigenvalue weighted by Crippen LogP contribution is 2.36. The maximum absolute atomic E-state index is 13.1. The van der Waals surface area contributed by atoms with E-state index >= 15 is 0 Å². The van der Waals surface area contributed by atoms with Crippen molar-refractivity contribution in [3.8, 4) is 0 Å². The fourth-order valence-electron chi connectivity index (χ4n) is 3.04. The first-order chi connectivity index (χ1) is 12.5. The molecule has 0 bridgehead atoms. The second-order valence-corrected chi connectivity index (χ2v) is 6.84. The van der Waals surface area contributed by atoms with Crippen molar-refractivity contribution in [1.29, 1.82) is 0 Å². The Labute approximate surface area is 158 Å². The van der Waals surface area contributed by atoms with Crippen LogP contribution in [0.25, 0.3) is 0 Å². The van der Waals surface area contributed by atoms with E-state index < -0.39 is 6.04 Å². The van der Waals surface area contributed by atoms with Crippen LogP contribution in [0.4, 0.5) is 11.6 Å². The maximum Gasteiger partial charge on any atom is 0.256 e. The van der Waals surface area contributed by atoms with Crippen molar-refractivity contribution >= 4 is 33.5 Å². The number of fused-ring (bicyclic) bond motifs is 1. The predicted molar refractivity (Wildman–Crippen MR) is 101 cm³/mol.